The number of aliphatic hydroxyl groups excluding tert-OH is 1. The third-order valence-corrected chi connectivity index (χ3v) is 6.27. The number of pyridine rings is 2. The molecule has 9 heteroatoms. The highest BCUT2D eigenvalue weighted by atomic mass is 19.4. The largest absolute Gasteiger partial charge is 0.439 e. The van der Waals surface area contributed by atoms with Gasteiger partial charge in [0.1, 0.15) is 11.4 Å². The van der Waals surface area contributed by atoms with E-state index >= 15 is 0 Å². The summed E-state index contributed by atoms with van der Waals surface area (Å²) in [5.74, 6) is 0.886. The quantitative estimate of drug-likeness (QED) is 0.651. The molecule has 3 aromatic rings. The van der Waals surface area contributed by atoms with Gasteiger partial charge in [0.2, 0.25) is 5.88 Å². The van der Waals surface area contributed by atoms with Crippen LogP contribution in [0.15, 0.2) is 48.7 Å². The van der Waals surface area contributed by atoms with Crippen LogP contribution in [-0.2, 0) is 6.18 Å². The highest BCUT2D eigenvalue weighted by Gasteiger charge is 2.46. The standard InChI is InChI=1S/C23H20F3N3O3/c24-23(25,26)16-2-6-21(27-10-16)32-17-3-5-18-14(9-17)1-4-19(28-18)22(31)29-11-13-7-15(12-30)20(29)8-13/h1-6,9-10,13,15,20,30H,7-8,11-12H2/t13-,15+,20-/m1/s1. The second kappa shape index (κ2) is 7.74. The Morgan fingerprint density at radius 1 is 1.16 bits per heavy atom. The van der Waals surface area contributed by atoms with Gasteiger partial charge in [0.05, 0.1) is 11.1 Å². The molecule has 1 aromatic carbocycles. The van der Waals surface area contributed by atoms with Gasteiger partial charge in [0, 0.05) is 42.8 Å². The van der Waals surface area contributed by atoms with E-state index in [1.807, 2.05) is 4.90 Å². The predicted octanol–water partition coefficient (Wildman–Crippen LogP) is 4.28. The van der Waals surface area contributed by atoms with Gasteiger partial charge in [-0.15, -0.1) is 0 Å². The lowest BCUT2D eigenvalue weighted by molar-refractivity contribution is -0.137. The molecule has 6 nitrogen and oxygen atoms in total. The Labute approximate surface area is 181 Å². The number of benzene rings is 1. The third kappa shape index (κ3) is 3.77. The van der Waals surface area contributed by atoms with Crippen LogP contribution in [0.5, 0.6) is 11.6 Å². The lowest BCUT2D eigenvalue weighted by Gasteiger charge is -2.32. The van der Waals surface area contributed by atoms with E-state index in [1.165, 1.54) is 0 Å². The van der Waals surface area contributed by atoms with E-state index < -0.39 is 11.7 Å². The van der Waals surface area contributed by atoms with Gasteiger partial charge in [-0.2, -0.15) is 13.2 Å². The zero-order valence-electron chi connectivity index (χ0n) is 16.9. The Morgan fingerprint density at radius 2 is 2.00 bits per heavy atom. The summed E-state index contributed by atoms with van der Waals surface area (Å²) in [5, 5.41) is 10.3. The van der Waals surface area contributed by atoms with Crippen molar-refractivity contribution in [1.82, 2.24) is 14.9 Å². The first kappa shape index (κ1) is 20.7. The molecule has 1 aliphatic heterocycles. The van der Waals surface area contributed by atoms with E-state index in [4.69, 9.17) is 4.74 Å². The Balaban J connectivity index is 1.33. The van der Waals surface area contributed by atoms with E-state index in [-0.39, 0.29) is 30.4 Å². The van der Waals surface area contributed by atoms with Gasteiger partial charge in [-0.25, -0.2) is 9.97 Å². The highest BCUT2D eigenvalue weighted by molar-refractivity contribution is 5.95. The topological polar surface area (TPSA) is 75.5 Å². The number of hydrogen-bond donors (Lipinski definition) is 1. The number of ether oxygens (including phenoxy) is 1. The number of hydrogen-bond acceptors (Lipinski definition) is 5. The molecular weight excluding hydrogens is 423 g/mol. The van der Waals surface area contributed by atoms with Gasteiger partial charge in [0.25, 0.3) is 5.91 Å². The number of carbonyl (C=O) groups excluding carboxylic acids is 1. The fourth-order valence-corrected chi connectivity index (χ4v) is 4.75. The zero-order valence-corrected chi connectivity index (χ0v) is 16.9. The molecule has 2 aromatic heterocycles. The number of alkyl halides is 3. The van der Waals surface area contributed by atoms with Crippen molar-refractivity contribution in [2.45, 2.75) is 25.1 Å². The molecule has 1 saturated carbocycles. The lowest BCUT2D eigenvalue weighted by atomic mass is 9.99. The molecular formula is C23H20F3N3O3. The fourth-order valence-electron chi connectivity index (χ4n) is 4.75. The van der Waals surface area contributed by atoms with Gasteiger partial charge in [-0.3, -0.25) is 4.79 Å². The first-order valence-electron chi connectivity index (χ1n) is 10.4. The van der Waals surface area contributed by atoms with Gasteiger partial charge < -0.3 is 14.7 Å². The summed E-state index contributed by atoms with van der Waals surface area (Å²) in [5.41, 5.74) is 0.104. The number of aliphatic hydroxyl groups is 1. The first-order chi connectivity index (χ1) is 15.3. The Hall–Kier alpha value is -3.20. The van der Waals surface area contributed by atoms with Crippen molar-refractivity contribution in [3.05, 3.63) is 59.9 Å². The van der Waals surface area contributed by atoms with Crippen LogP contribution in [-0.4, -0.2) is 45.1 Å². The van der Waals surface area contributed by atoms with Crippen LogP contribution in [0.25, 0.3) is 10.9 Å². The second-order valence-electron chi connectivity index (χ2n) is 8.34. The van der Waals surface area contributed by atoms with E-state index in [0.717, 1.165) is 36.6 Å². The van der Waals surface area contributed by atoms with E-state index in [1.54, 1.807) is 30.3 Å². The van der Waals surface area contributed by atoms with Crippen LogP contribution in [0.1, 0.15) is 28.9 Å². The van der Waals surface area contributed by atoms with Crippen LogP contribution in [0.2, 0.25) is 0 Å². The second-order valence-corrected chi connectivity index (χ2v) is 8.34. The molecule has 0 unspecified atom stereocenters. The molecule has 3 atom stereocenters. The molecule has 1 aliphatic carbocycles. The van der Waals surface area contributed by atoms with Crippen molar-refractivity contribution in [3.8, 4) is 11.6 Å². The maximum Gasteiger partial charge on any atom is 0.417 e. The fraction of sp³-hybridized carbons (Fsp3) is 0.348. The molecule has 1 saturated heterocycles. The van der Waals surface area contributed by atoms with Gasteiger partial charge in [-0.1, -0.05) is 6.07 Å². The number of carbonyl (C=O) groups is 1. The summed E-state index contributed by atoms with van der Waals surface area (Å²) < 4.78 is 43.6. The number of rotatable bonds is 4. The van der Waals surface area contributed by atoms with Crippen LogP contribution in [0, 0.1) is 11.8 Å². The molecule has 2 aliphatic rings. The van der Waals surface area contributed by atoms with Crippen LogP contribution >= 0.6 is 0 Å². The predicted molar refractivity (Wildman–Crippen MR) is 109 cm³/mol. The van der Waals surface area contributed by atoms with Crippen molar-refractivity contribution in [1.29, 1.82) is 0 Å². The first-order valence-corrected chi connectivity index (χ1v) is 10.4. The lowest BCUT2D eigenvalue weighted by Crippen LogP contribution is -2.43. The summed E-state index contributed by atoms with van der Waals surface area (Å²) in [7, 11) is 0. The molecule has 2 fully saturated rings. The number of fused-ring (bicyclic) bond motifs is 3. The number of halogens is 3. The van der Waals surface area contributed by atoms with Gasteiger partial charge >= 0.3 is 6.18 Å². The van der Waals surface area contributed by atoms with Crippen LogP contribution < -0.4 is 4.74 Å². The molecule has 2 bridgehead atoms. The maximum atomic E-state index is 13.0. The van der Waals surface area contributed by atoms with E-state index in [0.29, 0.717) is 29.4 Å². The molecule has 5 rings (SSSR count). The molecule has 0 spiro atoms. The van der Waals surface area contributed by atoms with Crippen molar-refractivity contribution < 1.29 is 27.8 Å². The minimum Gasteiger partial charge on any atom is -0.439 e. The average molecular weight is 443 g/mol. The highest BCUT2D eigenvalue weighted by Crippen LogP contribution is 2.42. The number of aromatic nitrogens is 2. The van der Waals surface area contributed by atoms with Crippen LogP contribution in [0.4, 0.5) is 13.2 Å². The van der Waals surface area contributed by atoms with Gasteiger partial charge in [0.15, 0.2) is 0 Å². The number of nitrogens with zero attached hydrogens (tertiary/aromatic N) is 3. The molecule has 3 heterocycles. The van der Waals surface area contributed by atoms with Crippen molar-refractivity contribution >= 4 is 16.8 Å². The molecule has 166 valence electrons. The smallest absolute Gasteiger partial charge is 0.417 e. The Bertz CT molecular complexity index is 1170. The Morgan fingerprint density at radius 3 is 2.69 bits per heavy atom. The monoisotopic (exact) mass is 443 g/mol. The molecule has 32 heavy (non-hydrogen) atoms. The average Bonchev–Trinajstić information content (AvgIpc) is 3.39. The summed E-state index contributed by atoms with van der Waals surface area (Å²) in [6.07, 6.45) is -1.83. The van der Waals surface area contributed by atoms with Crippen molar-refractivity contribution in [2.24, 2.45) is 11.8 Å². The maximum absolute atomic E-state index is 13.0. The van der Waals surface area contributed by atoms with Crippen molar-refractivity contribution in [3.63, 3.8) is 0 Å². The van der Waals surface area contributed by atoms with Crippen molar-refractivity contribution in [2.75, 3.05) is 13.2 Å². The molecule has 1 amide bonds. The van der Waals surface area contributed by atoms with Crippen LogP contribution in [0.3, 0.4) is 0 Å². The van der Waals surface area contributed by atoms with Gasteiger partial charge in [-0.05, 0) is 49.1 Å². The molecule has 0 radical (unpaired) electrons. The number of piperidine rings is 1. The SMILES string of the molecule is O=C(c1ccc2cc(Oc3ccc(C(F)(F)F)cn3)ccc2n1)N1C[C@@H]2C[C@@H](CO)[C@H]1C2. The summed E-state index contributed by atoms with van der Waals surface area (Å²) in [6.45, 7) is 0.791. The third-order valence-electron chi connectivity index (χ3n) is 6.27. The zero-order chi connectivity index (χ0) is 22.5. The number of likely N-dealkylation sites (tertiary alicyclic amines) is 1. The summed E-state index contributed by atoms with van der Waals surface area (Å²) >= 11 is 0. The van der Waals surface area contributed by atoms with E-state index in [2.05, 4.69) is 9.97 Å². The Kier molecular flexibility index (Phi) is 5.00. The number of amides is 1. The minimum absolute atomic E-state index is 0.0413. The minimum atomic E-state index is -4.46. The van der Waals surface area contributed by atoms with E-state index in [9.17, 15) is 23.1 Å². The summed E-state index contributed by atoms with van der Waals surface area (Å²) in [6, 6.07) is 10.6. The summed E-state index contributed by atoms with van der Waals surface area (Å²) in [4.78, 5) is 23.0. The normalized spacial score (nSPS) is 22.5. The molecule has 1 N–H and O–H groups in total.